The van der Waals surface area contributed by atoms with E-state index in [0.717, 1.165) is 22.4 Å². The van der Waals surface area contributed by atoms with Gasteiger partial charge in [0.05, 0.1) is 19.8 Å². The summed E-state index contributed by atoms with van der Waals surface area (Å²) in [6.07, 6.45) is 0.694. The van der Waals surface area contributed by atoms with Crippen LogP contribution < -0.4 is 10.5 Å². The van der Waals surface area contributed by atoms with Crippen molar-refractivity contribution in [3.05, 3.63) is 59.2 Å². The quantitative estimate of drug-likeness (QED) is 0.201. The molecule has 0 aliphatic carbocycles. The van der Waals surface area contributed by atoms with Crippen molar-refractivity contribution in [2.24, 2.45) is 5.73 Å². The molecule has 186 valence electrons. The number of carbonyl (C=O) groups excluding carboxylic acids is 1. The molecule has 0 saturated heterocycles. The van der Waals surface area contributed by atoms with E-state index < -0.39 is 32.4 Å². The highest BCUT2D eigenvalue weighted by Crippen LogP contribution is 2.43. The number of aliphatic carboxylic acids is 1. The van der Waals surface area contributed by atoms with Gasteiger partial charge in [-0.15, -0.1) is 0 Å². The van der Waals surface area contributed by atoms with Crippen LogP contribution in [0.15, 0.2) is 42.5 Å². The third kappa shape index (κ3) is 10.0. The summed E-state index contributed by atoms with van der Waals surface area (Å²) in [6, 6.07) is 11.9. The summed E-state index contributed by atoms with van der Waals surface area (Å²) in [7, 11) is -4.44. The molecule has 2 aromatic carbocycles. The Morgan fingerprint density at radius 3 is 2.41 bits per heavy atom. The van der Waals surface area contributed by atoms with Gasteiger partial charge in [-0.05, 0) is 55.2 Å². The van der Waals surface area contributed by atoms with Crippen molar-refractivity contribution < 1.29 is 42.7 Å². The van der Waals surface area contributed by atoms with Gasteiger partial charge in [0.15, 0.2) is 0 Å². The van der Waals surface area contributed by atoms with Gasteiger partial charge in [-0.3, -0.25) is 18.6 Å². The number of esters is 1. The standard InChI is InChI=1S/C23H30NO9P/c1-16-12-17(2)14-19(13-16)33-21-7-4-3-6-18(21)8-9-22(25)30-10-5-11-31-34(28,29)32-15-20(24)23(26)27/h3-4,6-7,12-14,20H,5,8-11,15,24H2,1-2H3,(H,26,27)(H,28,29)/t20-/m0/s1. The Bertz CT molecular complexity index is 1010. The van der Waals surface area contributed by atoms with Crippen LogP contribution in [0.2, 0.25) is 0 Å². The van der Waals surface area contributed by atoms with Crippen molar-refractivity contribution in [2.45, 2.75) is 39.2 Å². The van der Waals surface area contributed by atoms with Crippen molar-refractivity contribution in [1.29, 1.82) is 0 Å². The van der Waals surface area contributed by atoms with Crippen molar-refractivity contribution in [3.63, 3.8) is 0 Å². The van der Waals surface area contributed by atoms with E-state index >= 15 is 0 Å². The summed E-state index contributed by atoms with van der Waals surface area (Å²) in [5, 5.41) is 8.62. The highest BCUT2D eigenvalue weighted by molar-refractivity contribution is 7.47. The van der Waals surface area contributed by atoms with E-state index in [2.05, 4.69) is 10.6 Å². The molecule has 0 heterocycles. The lowest BCUT2D eigenvalue weighted by molar-refractivity contribution is -0.143. The van der Waals surface area contributed by atoms with E-state index in [1.807, 2.05) is 50.2 Å². The maximum atomic E-state index is 12.1. The van der Waals surface area contributed by atoms with Crippen LogP contribution in [0, 0.1) is 13.8 Å². The second-order valence-corrected chi connectivity index (χ2v) is 9.10. The molecule has 34 heavy (non-hydrogen) atoms. The number of phosphoric ester groups is 1. The van der Waals surface area contributed by atoms with Crippen LogP contribution in [0.4, 0.5) is 0 Å². The summed E-state index contributed by atoms with van der Waals surface area (Å²) < 4.78 is 32.0. The normalized spacial score (nSPS) is 13.6. The van der Waals surface area contributed by atoms with Crippen LogP contribution in [-0.4, -0.2) is 47.8 Å². The Labute approximate surface area is 198 Å². The maximum absolute atomic E-state index is 12.1. The highest BCUT2D eigenvalue weighted by Gasteiger charge is 2.24. The van der Waals surface area contributed by atoms with Crippen LogP contribution in [-0.2, 0) is 34.4 Å². The molecule has 10 nitrogen and oxygen atoms in total. The van der Waals surface area contributed by atoms with Crippen molar-refractivity contribution in [1.82, 2.24) is 0 Å². The molecule has 0 saturated carbocycles. The van der Waals surface area contributed by atoms with Gasteiger partial charge in [-0.2, -0.15) is 0 Å². The number of ether oxygens (including phenoxy) is 2. The molecular formula is C23H30NO9P. The molecule has 0 fully saturated rings. The van der Waals surface area contributed by atoms with Crippen molar-refractivity contribution in [3.8, 4) is 11.5 Å². The van der Waals surface area contributed by atoms with E-state index in [-0.39, 0.29) is 26.1 Å². The molecule has 0 aliphatic heterocycles. The topological polar surface area (TPSA) is 155 Å². The lowest BCUT2D eigenvalue weighted by Crippen LogP contribution is -2.34. The van der Waals surface area contributed by atoms with E-state index in [4.69, 9.17) is 24.8 Å². The molecule has 2 atom stereocenters. The smallest absolute Gasteiger partial charge is 0.472 e. The molecule has 0 bridgehead atoms. The first-order chi connectivity index (χ1) is 16.1. The van der Waals surface area contributed by atoms with Gasteiger partial charge in [0.25, 0.3) is 0 Å². The maximum Gasteiger partial charge on any atom is 0.472 e. The van der Waals surface area contributed by atoms with E-state index in [0.29, 0.717) is 12.2 Å². The Hall–Kier alpha value is -2.75. The minimum atomic E-state index is -4.44. The zero-order valence-electron chi connectivity index (χ0n) is 19.1. The van der Waals surface area contributed by atoms with Gasteiger partial charge in [0, 0.05) is 12.8 Å². The Morgan fingerprint density at radius 2 is 1.74 bits per heavy atom. The lowest BCUT2D eigenvalue weighted by Gasteiger charge is -2.14. The summed E-state index contributed by atoms with van der Waals surface area (Å²) in [5.74, 6) is -0.416. The van der Waals surface area contributed by atoms with Crippen LogP contribution in [0.5, 0.6) is 11.5 Å². The largest absolute Gasteiger partial charge is 0.480 e. The number of carboxylic acid groups (broad SMARTS) is 1. The molecule has 1 unspecified atom stereocenters. The van der Waals surface area contributed by atoms with E-state index in [9.17, 15) is 19.0 Å². The Kier molecular flexibility index (Phi) is 10.7. The number of phosphoric acid groups is 1. The number of para-hydroxylation sites is 1. The summed E-state index contributed by atoms with van der Waals surface area (Å²) in [6.45, 7) is 3.07. The molecule has 4 N–H and O–H groups in total. The van der Waals surface area contributed by atoms with Gasteiger partial charge in [-0.1, -0.05) is 24.3 Å². The summed E-state index contributed by atoms with van der Waals surface area (Å²) >= 11 is 0. The predicted octanol–water partition coefficient (Wildman–Crippen LogP) is 3.51. The minimum Gasteiger partial charge on any atom is -0.480 e. The second-order valence-electron chi connectivity index (χ2n) is 7.65. The Balaban J connectivity index is 1.73. The molecular weight excluding hydrogens is 465 g/mol. The van der Waals surface area contributed by atoms with Gasteiger partial charge in [0.2, 0.25) is 0 Å². The summed E-state index contributed by atoms with van der Waals surface area (Å²) in [5.41, 5.74) is 8.23. The number of hydrogen-bond acceptors (Lipinski definition) is 8. The zero-order chi connectivity index (χ0) is 25.1. The number of benzene rings is 2. The number of carbonyl (C=O) groups is 2. The molecule has 0 aliphatic rings. The first-order valence-corrected chi connectivity index (χ1v) is 12.2. The predicted molar refractivity (Wildman–Crippen MR) is 124 cm³/mol. The first kappa shape index (κ1) is 27.5. The molecule has 0 aromatic heterocycles. The monoisotopic (exact) mass is 495 g/mol. The number of carboxylic acids is 1. The lowest BCUT2D eigenvalue weighted by atomic mass is 10.1. The van der Waals surface area contributed by atoms with Crippen LogP contribution in [0.1, 0.15) is 29.5 Å². The van der Waals surface area contributed by atoms with Crippen molar-refractivity contribution >= 4 is 19.8 Å². The second kappa shape index (κ2) is 13.2. The molecule has 2 aromatic rings. The molecule has 11 heteroatoms. The molecule has 2 rings (SSSR count). The zero-order valence-corrected chi connectivity index (χ0v) is 20.0. The van der Waals surface area contributed by atoms with Gasteiger partial charge in [-0.25, -0.2) is 4.57 Å². The third-order valence-electron chi connectivity index (χ3n) is 4.53. The first-order valence-electron chi connectivity index (χ1n) is 10.7. The average Bonchev–Trinajstić information content (AvgIpc) is 2.76. The van der Waals surface area contributed by atoms with Crippen LogP contribution >= 0.6 is 7.82 Å². The van der Waals surface area contributed by atoms with E-state index in [1.165, 1.54) is 0 Å². The van der Waals surface area contributed by atoms with Gasteiger partial charge >= 0.3 is 19.8 Å². The fraction of sp³-hybridized carbons (Fsp3) is 0.391. The highest BCUT2D eigenvalue weighted by atomic mass is 31.2. The van der Waals surface area contributed by atoms with Crippen LogP contribution in [0.25, 0.3) is 0 Å². The summed E-state index contributed by atoms with van der Waals surface area (Å²) in [4.78, 5) is 32.1. The average molecular weight is 495 g/mol. The molecule has 0 radical (unpaired) electrons. The molecule has 0 spiro atoms. The van der Waals surface area contributed by atoms with Gasteiger partial charge in [0.1, 0.15) is 17.5 Å². The molecule has 0 amide bonds. The van der Waals surface area contributed by atoms with Crippen molar-refractivity contribution in [2.75, 3.05) is 19.8 Å². The fourth-order valence-corrected chi connectivity index (χ4v) is 3.73. The van der Waals surface area contributed by atoms with Gasteiger partial charge < -0.3 is 25.2 Å². The number of nitrogens with two attached hydrogens (primary N) is 1. The third-order valence-corrected chi connectivity index (χ3v) is 5.52. The number of aryl methyl sites for hydroxylation is 3. The fourth-order valence-electron chi connectivity index (χ4n) is 2.95. The van der Waals surface area contributed by atoms with Crippen LogP contribution in [0.3, 0.4) is 0 Å². The van der Waals surface area contributed by atoms with E-state index in [1.54, 1.807) is 0 Å². The number of rotatable bonds is 14. The Morgan fingerprint density at radius 1 is 1.06 bits per heavy atom. The minimum absolute atomic E-state index is 0.0197. The number of hydrogen-bond donors (Lipinski definition) is 3. The SMILES string of the molecule is Cc1cc(C)cc(Oc2ccccc2CCC(=O)OCCCOP(=O)(O)OC[C@H](N)C(=O)O)c1.